The summed E-state index contributed by atoms with van der Waals surface area (Å²) in [4.78, 5) is 2.62. The second kappa shape index (κ2) is 6.06. The SMILES string of the molecule is C=Cc1ccc2c(c1Cl)CC[C@]1(C)CN(Cc3ccccc3)C[C@H]21. The maximum atomic E-state index is 6.64. The first-order chi connectivity index (χ1) is 11.6. The van der Waals surface area contributed by atoms with Crippen LogP contribution in [0.15, 0.2) is 49.0 Å². The molecule has 2 aromatic rings. The van der Waals surface area contributed by atoms with Crippen LogP contribution in [-0.4, -0.2) is 18.0 Å². The summed E-state index contributed by atoms with van der Waals surface area (Å²) in [6.45, 7) is 9.69. The largest absolute Gasteiger partial charge is 0.298 e. The van der Waals surface area contributed by atoms with Gasteiger partial charge in [-0.1, -0.05) is 73.6 Å². The van der Waals surface area contributed by atoms with Crippen molar-refractivity contribution in [2.75, 3.05) is 13.1 Å². The molecule has 1 aliphatic carbocycles. The number of fused-ring (bicyclic) bond motifs is 3. The minimum absolute atomic E-state index is 0.362. The molecule has 0 bridgehead atoms. The first-order valence-electron chi connectivity index (χ1n) is 8.81. The van der Waals surface area contributed by atoms with Crippen molar-refractivity contribution >= 4 is 17.7 Å². The molecule has 124 valence electrons. The quantitative estimate of drug-likeness (QED) is 0.711. The van der Waals surface area contributed by atoms with Crippen molar-refractivity contribution in [2.45, 2.75) is 32.2 Å². The average Bonchev–Trinajstić information content (AvgIpc) is 2.92. The molecule has 1 saturated heterocycles. The fraction of sp³-hybridized carbons (Fsp3) is 0.364. The van der Waals surface area contributed by atoms with Gasteiger partial charge >= 0.3 is 0 Å². The van der Waals surface area contributed by atoms with E-state index in [4.69, 9.17) is 11.6 Å². The molecule has 24 heavy (non-hydrogen) atoms. The van der Waals surface area contributed by atoms with E-state index in [1.54, 1.807) is 0 Å². The van der Waals surface area contributed by atoms with E-state index < -0.39 is 0 Å². The molecule has 0 N–H and O–H groups in total. The Balaban J connectivity index is 1.63. The normalized spacial score (nSPS) is 26.0. The van der Waals surface area contributed by atoms with Gasteiger partial charge in [-0.25, -0.2) is 0 Å². The predicted molar refractivity (Wildman–Crippen MR) is 102 cm³/mol. The molecule has 2 aromatic carbocycles. The highest BCUT2D eigenvalue weighted by molar-refractivity contribution is 6.33. The Bertz CT molecular complexity index is 767. The number of hydrogen-bond donors (Lipinski definition) is 0. The van der Waals surface area contributed by atoms with Crippen molar-refractivity contribution in [3.05, 3.63) is 76.3 Å². The monoisotopic (exact) mass is 337 g/mol. The van der Waals surface area contributed by atoms with E-state index in [-0.39, 0.29) is 0 Å². The van der Waals surface area contributed by atoms with E-state index in [1.165, 1.54) is 29.7 Å². The minimum atomic E-state index is 0.362. The highest BCUT2D eigenvalue weighted by Gasteiger charge is 2.46. The fourth-order valence-electron chi connectivity index (χ4n) is 4.66. The number of benzene rings is 2. The summed E-state index contributed by atoms with van der Waals surface area (Å²) < 4.78 is 0. The van der Waals surface area contributed by atoms with Crippen LogP contribution in [0.4, 0.5) is 0 Å². The third-order valence-electron chi connectivity index (χ3n) is 5.97. The summed E-state index contributed by atoms with van der Waals surface area (Å²) in [5.74, 6) is 0.585. The second-order valence-corrected chi connectivity index (χ2v) is 7.98. The van der Waals surface area contributed by atoms with Crippen LogP contribution in [0.2, 0.25) is 5.02 Å². The Morgan fingerprint density at radius 2 is 2.04 bits per heavy atom. The van der Waals surface area contributed by atoms with Crippen LogP contribution < -0.4 is 0 Å². The average molecular weight is 338 g/mol. The van der Waals surface area contributed by atoms with Crippen LogP contribution in [-0.2, 0) is 13.0 Å². The molecule has 1 heterocycles. The summed E-state index contributed by atoms with van der Waals surface area (Å²) in [5, 5.41) is 0.922. The third-order valence-corrected chi connectivity index (χ3v) is 6.41. The van der Waals surface area contributed by atoms with Crippen molar-refractivity contribution in [1.29, 1.82) is 0 Å². The van der Waals surface area contributed by atoms with Crippen LogP contribution in [0.5, 0.6) is 0 Å². The zero-order valence-electron chi connectivity index (χ0n) is 14.3. The first-order valence-corrected chi connectivity index (χ1v) is 9.18. The second-order valence-electron chi connectivity index (χ2n) is 7.60. The standard InChI is InChI=1S/C22H24ClN/c1-3-17-9-10-18-19(21(17)23)11-12-22(2)15-24(14-20(18)22)13-16-7-5-4-6-8-16/h3-10,20H,1,11-15H2,2H3/t20-,22-/m1/s1. The van der Waals surface area contributed by atoms with E-state index >= 15 is 0 Å². The first kappa shape index (κ1) is 15.9. The minimum Gasteiger partial charge on any atom is -0.298 e. The molecule has 0 aromatic heterocycles. The lowest BCUT2D eigenvalue weighted by Gasteiger charge is -2.37. The van der Waals surface area contributed by atoms with Gasteiger partial charge in [-0.15, -0.1) is 0 Å². The van der Waals surface area contributed by atoms with Crippen LogP contribution in [0.25, 0.3) is 6.08 Å². The molecular formula is C22H24ClN. The van der Waals surface area contributed by atoms with Gasteiger partial charge in [-0.2, -0.15) is 0 Å². The van der Waals surface area contributed by atoms with Gasteiger partial charge in [-0.3, -0.25) is 4.90 Å². The Morgan fingerprint density at radius 3 is 2.79 bits per heavy atom. The van der Waals surface area contributed by atoms with E-state index in [0.29, 0.717) is 11.3 Å². The lowest BCUT2D eigenvalue weighted by atomic mass is 9.67. The van der Waals surface area contributed by atoms with E-state index in [2.05, 4.69) is 60.9 Å². The van der Waals surface area contributed by atoms with Crippen molar-refractivity contribution in [2.24, 2.45) is 5.41 Å². The maximum absolute atomic E-state index is 6.64. The molecule has 0 saturated carbocycles. The molecule has 2 heteroatoms. The molecule has 0 spiro atoms. The van der Waals surface area contributed by atoms with Gasteiger partial charge in [0.1, 0.15) is 0 Å². The summed E-state index contributed by atoms with van der Waals surface area (Å²) in [6.07, 6.45) is 4.17. The summed E-state index contributed by atoms with van der Waals surface area (Å²) in [5.41, 5.74) is 5.66. The molecule has 2 aliphatic rings. The van der Waals surface area contributed by atoms with Gasteiger partial charge < -0.3 is 0 Å². The van der Waals surface area contributed by atoms with Crippen molar-refractivity contribution in [1.82, 2.24) is 4.90 Å². The van der Waals surface area contributed by atoms with E-state index in [1.807, 2.05) is 6.08 Å². The zero-order chi connectivity index (χ0) is 16.7. The third kappa shape index (κ3) is 2.60. The van der Waals surface area contributed by atoms with Gasteiger partial charge in [0.25, 0.3) is 0 Å². The lowest BCUT2D eigenvalue weighted by Crippen LogP contribution is -2.30. The maximum Gasteiger partial charge on any atom is 0.0513 e. The van der Waals surface area contributed by atoms with Gasteiger partial charge in [0.15, 0.2) is 0 Å². The summed E-state index contributed by atoms with van der Waals surface area (Å²) in [6, 6.07) is 15.2. The topological polar surface area (TPSA) is 3.24 Å². The fourth-order valence-corrected chi connectivity index (χ4v) is 5.00. The smallest absolute Gasteiger partial charge is 0.0513 e. The van der Waals surface area contributed by atoms with Crippen LogP contribution in [0.1, 0.15) is 41.5 Å². The predicted octanol–water partition coefficient (Wildman–Crippen LogP) is 5.53. The molecule has 2 atom stereocenters. The van der Waals surface area contributed by atoms with Crippen LogP contribution in [0, 0.1) is 5.41 Å². The molecule has 4 rings (SSSR count). The molecule has 1 aliphatic heterocycles. The number of nitrogens with zero attached hydrogens (tertiary/aromatic N) is 1. The Kier molecular flexibility index (Phi) is 4.02. The molecule has 0 amide bonds. The zero-order valence-corrected chi connectivity index (χ0v) is 15.0. The van der Waals surface area contributed by atoms with Gasteiger partial charge in [0.05, 0.1) is 5.02 Å². The molecular weight excluding hydrogens is 314 g/mol. The van der Waals surface area contributed by atoms with Crippen molar-refractivity contribution in [3.8, 4) is 0 Å². The van der Waals surface area contributed by atoms with Gasteiger partial charge in [-0.05, 0) is 40.5 Å². The number of halogens is 1. The summed E-state index contributed by atoms with van der Waals surface area (Å²) in [7, 11) is 0. The molecule has 0 unspecified atom stereocenters. The molecule has 1 fully saturated rings. The Hall–Kier alpha value is -1.57. The Morgan fingerprint density at radius 1 is 1.25 bits per heavy atom. The number of hydrogen-bond acceptors (Lipinski definition) is 1. The van der Waals surface area contributed by atoms with Crippen LogP contribution >= 0.6 is 11.6 Å². The highest BCUT2D eigenvalue weighted by Crippen LogP contribution is 2.52. The number of likely N-dealkylation sites (tertiary alicyclic amines) is 1. The Labute approximate surface area is 149 Å². The lowest BCUT2D eigenvalue weighted by molar-refractivity contribution is 0.240. The van der Waals surface area contributed by atoms with Crippen molar-refractivity contribution in [3.63, 3.8) is 0 Å². The highest BCUT2D eigenvalue weighted by atomic mass is 35.5. The van der Waals surface area contributed by atoms with E-state index in [9.17, 15) is 0 Å². The summed E-state index contributed by atoms with van der Waals surface area (Å²) >= 11 is 6.64. The van der Waals surface area contributed by atoms with Crippen molar-refractivity contribution < 1.29 is 0 Å². The number of rotatable bonds is 3. The van der Waals surface area contributed by atoms with E-state index in [0.717, 1.165) is 30.1 Å². The van der Waals surface area contributed by atoms with Gasteiger partial charge in [0, 0.05) is 25.6 Å². The van der Waals surface area contributed by atoms with Gasteiger partial charge in [0.2, 0.25) is 0 Å². The molecule has 0 radical (unpaired) electrons. The van der Waals surface area contributed by atoms with Crippen LogP contribution in [0.3, 0.4) is 0 Å². The molecule has 1 nitrogen and oxygen atoms in total.